The molecule has 36 heavy (non-hydrogen) atoms. The summed E-state index contributed by atoms with van der Waals surface area (Å²) in [6, 6.07) is 0. The number of fused-ring (bicyclic) bond motifs is 1. The predicted octanol–water partition coefficient (Wildman–Crippen LogP) is 6.30. The van der Waals surface area contributed by atoms with Gasteiger partial charge >= 0.3 is 0 Å². The van der Waals surface area contributed by atoms with Crippen LogP contribution in [0.25, 0.3) is 0 Å². The van der Waals surface area contributed by atoms with Gasteiger partial charge in [0.25, 0.3) is 0 Å². The van der Waals surface area contributed by atoms with E-state index in [2.05, 4.69) is 13.0 Å². The molecule has 5 heteroatoms. The average Bonchev–Trinajstić information content (AvgIpc) is 2.90. The van der Waals surface area contributed by atoms with Gasteiger partial charge in [0.05, 0.1) is 11.0 Å². The van der Waals surface area contributed by atoms with Gasteiger partial charge in [0.1, 0.15) is 11.9 Å². The maximum atomic E-state index is 14.7. The van der Waals surface area contributed by atoms with Gasteiger partial charge in [-0.15, -0.1) is 0 Å². The Labute approximate surface area is 217 Å². The van der Waals surface area contributed by atoms with E-state index in [1.165, 1.54) is 5.57 Å². The molecule has 2 fully saturated rings. The summed E-state index contributed by atoms with van der Waals surface area (Å²) < 4.78 is 6.60. The van der Waals surface area contributed by atoms with Crippen LogP contribution in [-0.4, -0.2) is 34.2 Å². The van der Waals surface area contributed by atoms with Crippen molar-refractivity contribution >= 4 is 17.3 Å². The number of ether oxygens (including phenoxy) is 1. The Hall–Kier alpha value is -2.01. The monoisotopic (exact) mass is 498 g/mol. The summed E-state index contributed by atoms with van der Waals surface area (Å²) in [4.78, 5) is 43.3. The number of aliphatic hydroxyl groups is 1. The zero-order valence-corrected chi connectivity index (χ0v) is 24.0. The van der Waals surface area contributed by atoms with Crippen molar-refractivity contribution < 1.29 is 24.2 Å². The third kappa shape index (κ3) is 4.15. The minimum atomic E-state index is -1.55. The number of ketones is 3. The number of rotatable bonds is 7. The molecular weight excluding hydrogens is 452 g/mol. The molecule has 0 aromatic heterocycles. The SMILES string of the molecule is CC(C)=CCC1=C2O[C@@H](C(C)(C)O)CC[C@]3(C)[C@@H](CC=C(C)C)C[C@](C)(C1=O)C(=O)[C@]23C(=O)C(C)C. The number of allylic oxidation sites excluding steroid dienone is 6. The second kappa shape index (κ2) is 9.38. The third-order valence-corrected chi connectivity index (χ3v) is 9.04. The van der Waals surface area contributed by atoms with Gasteiger partial charge in [0, 0.05) is 11.5 Å². The van der Waals surface area contributed by atoms with Crippen molar-refractivity contribution in [2.24, 2.45) is 28.1 Å². The van der Waals surface area contributed by atoms with Crippen LogP contribution in [-0.2, 0) is 19.1 Å². The van der Waals surface area contributed by atoms with Crippen LogP contribution < -0.4 is 0 Å². The molecule has 0 aromatic rings. The number of Topliss-reactive ketones (excluding diaryl/α,β-unsaturated/α-hetero) is 3. The lowest BCUT2D eigenvalue weighted by Gasteiger charge is -2.60. The normalized spacial score (nSPS) is 34.2. The van der Waals surface area contributed by atoms with Gasteiger partial charge < -0.3 is 9.84 Å². The first-order chi connectivity index (χ1) is 16.4. The largest absolute Gasteiger partial charge is 0.490 e. The maximum absolute atomic E-state index is 14.7. The predicted molar refractivity (Wildman–Crippen MR) is 142 cm³/mol. The summed E-state index contributed by atoms with van der Waals surface area (Å²) in [7, 11) is 0. The Morgan fingerprint density at radius 3 is 2.19 bits per heavy atom. The molecule has 0 amide bonds. The van der Waals surface area contributed by atoms with Crippen LogP contribution in [0.15, 0.2) is 34.6 Å². The summed E-state index contributed by atoms with van der Waals surface area (Å²) in [6.45, 7) is 18.9. The van der Waals surface area contributed by atoms with E-state index >= 15 is 0 Å². The highest BCUT2D eigenvalue weighted by atomic mass is 16.5. The van der Waals surface area contributed by atoms with Gasteiger partial charge in [-0.25, -0.2) is 0 Å². The Morgan fingerprint density at radius 1 is 1.11 bits per heavy atom. The van der Waals surface area contributed by atoms with Crippen LogP contribution in [0.1, 0.15) is 101 Å². The van der Waals surface area contributed by atoms with Crippen LogP contribution in [0.2, 0.25) is 0 Å². The molecule has 1 aliphatic heterocycles. The Balaban J connectivity index is 2.49. The molecule has 0 spiro atoms. The van der Waals surface area contributed by atoms with Crippen molar-refractivity contribution in [3.8, 4) is 0 Å². The molecule has 2 bridgehead atoms. The fourth-order valence-corrected chi connectivity index (χ4v) is 6.84. The van der Waals surface area contributed by atoms with Crippen molar-refractivity contribution in [1.29, 1.82) is 0 Å². The van der Waals surface area contributed by atoms with E-state index in [0.717, 1.165) is 5.57 Å². The number of carbonyl (C=O) groups is 3. The fraction of sp³-hybridized carbons (Fsp3) is 0.710. The minimum Gasteiger partial charge on any atom is -0.490 e. The van der Waals surface area contributed by atoms with Gasteiger partial charge in [-0.2, -0.15) is 0 Å². The van der Waals surface area contributed by atoms with Crippen molar-refractivity contribution in [1.82, 2.24) is 0 Å². The Kier molecular flexibility index (Phi) is 7.44. The van der Waals surface area contributed by atoms with Crippen LogP contribution >= 0.6 is 0 Å². The molecule has 0 aromatic carbocycles. The molecule has 5 nitrogen and oxygen atoms in total. The summed E-state index contributed by atoms with van der Waals surface area (Å²) >= 11 is 0. The van der Waals surface area contributed by atoms with E-state index in [0.29, 0.717) is 37.7 Å². The van der Waals surface area contributed by atoms with Gasteiger partial charge in [-0.3, -0.25) is 14.4 Å². The molecule has 0 radical (unpaired) electrons. The molecule has 1 N–H and O–H groups in total. The first kappa shape index (κ1) is 28.6. The molecule has 200 valence electrons. The van der Waals surface area contributed by atoms with Crippen molar-refractivity contribution in [3.63, 3.8) is 0 Å². The van der Waals surface area contributed by atoms with Crippen LogP contribution in [0, 0.1) is 28.1 Å². The number of hydrogen-bond acceptors (Lipinski definition) is 5. The highest BCUT2D eigenvalue weighted by molar-refractivity contribution is 6.27. The van der Waals surface area contributed by atoms with Crippen LogP contribution in [0.5, 0.6) is 0 Å². The lowest BCUT2D eigenvalue weighted by Crippen LogP contribution is -2.69. The first-order valence-electron chi connectivity index (χ1n) is 13.5. The summed E-state index contributed by atoms with van der Waals surface area (Å²) in [5.41, 5.74) is -2.14. The molecule has 1 heterocycles. The van der Waals surface area contributed by atoms with Crippen molar-refractivity contribution in [2.45, 2.75) is 113 Å². The van der Waals surface area contributed by atoms with Crippen LogP contribution in [0.4, 0.5) is 0 Å². The first-order valence-corrected chi connectivity index (χ1v) is 13.5. The van der Waals surface area contributed by atoms with E-state index in [1.54, 1.807) is 20.8 Å². The maximum Gasteiger partial charge on any atom is 0.175 e. The number of carbonyl (C=O) groups excluding carboxylic acids is 3. The smallest absolute Gasteiger partial charge is 0.175 e. The average molecular weight is 499 g/mol. The molecular formula is C31H46O5. The lowest BCUT2D eigenvalue weighted by molar-refractivity contribution is -0.177. The van der Waals surface area contributed by atoms with Gasteiger partial charge in [0.2, 0.25) is 0 Å². The minimum absolute atomic E-state index is 0.0640. The molecule has 2 aliphatic carbocycles. The van der Waals surface area contributed by atoms with Gasteiger partial charge in [-0.05, 0) is 91.9 Å². The summed E-state index contributed by atoms with van der Waals surface area (Å²) in [5.74, 6) is -0.965. The lowest BCUT2D eigenvalue weighted by atomic mass is 9.39. The molecule has 3 rings (SSSR count). The second-order valence-corrected chi connectivity index (χ2v) is 13.2. The Morgan fingerprint density at radius 2 is 1.69 bits per heavy atom. The zero-order chi connectivity index (χ0) is 27.4. The van der Waals surface area contributed by atoms with Gasteiger partial charge in [0.15, 0.2) is 22.8 Å². The molecule has 0 unspecified atom stereocenters. The van der Waals surface area contributed by atoms with E-state index in [9.17, 15) is 19.5 Å². The quantitative estimate of drug-likeness (QED) is 0.329. The molecule has 3 aliphatic rings. The van der Waals surface area contributed by atoms with Gasteiger partial charge in [-0.1, -0.05) is 44.1 Å². The van der Waals surface area contributed by atoms with Crippen molar-refractivity contribution in [2.75, 3.05) is 0 Å². The number of hydrogen-bond donors (Lipinski definition) is 1. The zero-order valence-electron chi connectivity index (χ0n) is 24.0. The Bertz CT molecular complexity index is 1040. The highest BCUT2D eigenvalue weighted by Crippen LogP contribution is 2.69. The summed E-state index contributed by atoms with van der Waals surface area (Å²) in [5, 5.41) is 11.0. The summed E-state index contributed by atoms with van der Waals surface area (Å²) in [6.07, 6.45) is 5.95. The van der Waals surface area contributed by atoms with E-state index < -0.39 is 33.9 Å². The van der Waals surface area contributed by atoms with E-state index in [4.69, 9.17) is 4.74 Å². The molecule has 1 saturated carbocycles. The standard InChI is InChI=1S/C31H46O5/c1-18(2)11-13-21-17-29(9)25(33)22(14-12-19(3)4)26-31(27(29)34,24(32)20(5)6)30(21,10)16-15-23(36-26)28(7,8)35/h11-12,20-21,23,35H,13-17H2,1-10H3/t21-,23+,29+,30+,31-/m0/s1. The van der Waals surface area contributed by atoms with Crippen molar-refractivity contribution in [3.05, 3.63) is 34.6 Å². The third-order valence-electron chi connectivity index (χ3n) is 9.04. The second-order valence-electron chi connectivity index (χ2n) is 13.2. The van der Waals surface area contributed by atoms with E-state index in [-0.39, 0.29) is 29.0 Å². The topological polar surface area (TPSA) is 80.7 Å². The molecule has 5 atom stereocenters. The van der Waals surface area contributed by atoms with Crippen LogP contribution in [0.3, 0.4) is 0 Å². The highest BCUT2D eigenvalue weighted by Gasteiger charge is 2.76. The molecule has 1 saturated heterocycles. The van der Waals surface area contributed by atoms with E-state index in [1.807, 2.05) is 47.6 Å². The fourth-order valence-electron chi connectivity index (χ4n) is 6.84.